The zero-order valence-electron chi connectivity index (χ0n) is 16.3. The molecule has 5 nitrogen and oxygen atoms in total. The van der Waals surface area contributed by atoms with Gasteiger partial charge in [0.25, 0.3) is 5.91 Å². The number of benzene rings is 1. The number of nitrogens with one attached hydrogen (secondary N) is 1. The normalized spacial score (nSPS) is 17.8. The van der Waals surface area contributed by atoms with Crippen molar-refractivity contribution in [2.75, 3.05) is 36.4 Å². The van der Waals surface area contributed by atoms with Gasteiger partial charge in [-0.1, -0.05) is 6.07 Å². The van der Waals surface area contributed by atoms with Crippen LogP contribution < -0.4 is 10.2 Å². The second kappa shape index (κ2) is 8.35. The van der Waals surface area contributed by atoms with Crippen molar-refractivity contribution in [3.05, 3.63) is 46.2 Å². The van der Waals surface area contributed by atoms with E-state index in [0.29, 0.717) is 25.9 Å². The minimum Gasteiger partial charge on any atom is -0.371 e. The quantitative estimate of drug-likeness (QED) is 0.843. The lowest BCUT2D eigenvalue weighted by Gasteiger charge is -2.31. The molecule has 1 aromatic carbocycles. The first-order chi connectivity index (χ1) is 13.6. The Hall–Kier alpha value is -2.34. The van der Waals surface area contributed by atoms with Crippen molar-refractivity contribution in [3.63, 3.8) is 0 Å². The smallest absolute Gasteiger partial charge is 0.263 e. The van der Waals surface area contributed by atoms with E-state index in [-0.39, 0.29) is 17.7 Å². The molecule has 0 aliphatic carbocycles. The van der Waals surface area contributed by atoms with E-state index in [9.17, 15) is 9.59 Å². The van der Waals surface area contributed by atoms with Crippen molar-refractivity contribution < 1.29 is 9.59 Å². The Morgan fingerprint density at radius 2 is 1.82 bits per heavy atom. The number of hydrogen-bond donors (Lipinski definition) is 1. The highest BCUT2D eigenvalue weighted by Gasteiger charge is 2.28. The molecule has 6 heteroatoms. The summed E-state index contributed by atoms with van der Waals surface area (Å²) in [7, 11) is 0. The number of thiophene rings is 1. The third kappa shape index (κ3) is 4.07. The molecule has 2 fully saturated rings. The van der Waals surface area contributed by atoms with Crippen LogP contribution in [0.2, 0.25) is 0 Å². The molecule has 2 aromatic rings. The van der Waals surface area contributed by atoms with Gasteiger partial charge in [-0.15, -0.1) is 11.3 Å². The molecule has 0 atom stereocenters. The van der Waals surface area contributed by atoms with Crippen LogP contribution in [-0.2, 0) is 4.79 Å². The number of piperidine rings is 1. The highest BCUT2D eigenvalue weighted by atomic mass is 32.1. The molecule has 1 aromatic heterocycles. The van der Waals surface area contributed by atoms with Crippen LogP contribution in [0.5, 0.6) is 0 Å². The molecule has 2 aliphatic heterocycles. The standard InChI is InChI=1S/C22H27N3O2S/c1-16-15-18(6-7-19(16)24-10-2-3-11-24)23-21(26)17-8-12-25(13-9-17)22(27)20-5-4-14-28-20/h4-7,14-15,17H,2-3,8-13H2,1H3,(H,23,26). The topological polar surface area (TPSA) is 52.7 Å². The first-order valence-corrected chi connectivity index (χ1v) is 11.0. The van der Waals surface area contributed by atoms with Gasteiger partial charge in [-0.2, -0.15) is 0 Å². The van der Waals surface area contributed by atoms with Gasteiger partial charge in [0.15, 0.2) is 0 Å². The van der Waals surface area contributed by atoms with Crippen molar-refractivity contribution in [1.82, 2.24) is 4.90 Å². The lowest BCUT2D eigenvalue weighted by atomic mass is 9.95. The summed E-state index contributed by atoms with van der Waals surface area (Å²) >= 11 is 1.47. The molecule has 0 spiro atoms. The molecule has 1 N–H and O–H groups in total. The molecule has 0 bridgehead atoms. The lowest BCUT2D eigenvalue weighted by Crippen LogP contribution is -2.41. The van der Waals surface area contributed by atoms with Crippen molar-refractivity contribution in [3.8, 4) is 0 Å². The van der Waals surface area contributed by atoms with Crippen molar-refractivity contribution >= 4 is 34.5 Å². The lowest BCUT2D eigenvalue weighted by molar-refractivity contribution is -0.121. The van der Waals surface area contributed by atoms with Gasteiger partial charge in [-0.25, -0.2) is 0 Å². The number of amides is 2. The van der Waals surface area contributed by atoms with E-state index < -0.39 is 0 Å². The third-order valence-electron chi connectivity index (χ3n) is 5.80. The summed E-state index contributed by atoms with van der Waals surface area (Å²) in [6.07, 6.45) is 3.94. The van der Waals surface area contributed by atoms with E-state index in [0.717, 1.165) is 23.7 Å². The predicted octanol–water partition coefficient (Wildman–Crippen LogP) is 4.15. The molecule has 4 rings (SSSR count). The first kappa shape index (κ1) is 19.0. The molecular formula is C22H27N3O2S. The Morgan fingerprint density at radius 3 is 2.46 bits per heavy atom. The van der Waals surface area contributed by atoms with E-state index in [1.54, 1.807) is 0 Å². The number of anilines is 2. The fourth-order valence-electron chi connectivity index (χ4n) is 4.19. The van der Waals surface area contributed by atoms with Crippen LogP contribution in [0.3, 0.4) is 0 Å². The van der Waals surface area contributed by atoms with E-state index in [1.807, 2.05) is 28.5 Å². The average Bonchev–Trinajstić information content (AvgIpc) is 3.42. The highest BCUT2D eigenvalue weighted by Crippen LogP contribution is 2.28. The Labute approximate surface area is 170 Å². The van der Waals surface area contributed by atoms with E-state index in [4.69, 9.17) is 0 Å². The summed E-state index contributed by atoms with van der Waals surface area (Å²) in [4.78, 5) is 30.2. The Balaban J connectivity index is 1.32. The summed E-state index contributed by atoms with van der Waals surface area (Å²) in [5.74, 6) is 0.115. The maximum atomic E-state index is 12.7. The van der Waals surface area contributed by atoms with Crippen LogP contribution in [-0.4, -0.2) is 42.9 Å². The third-order valence-corrected chi connectivity index (χ3v) is 6.65. The minimum absolute atomic E-state index is 0.0362. The summed E-state index contributed by atoms with van der Waals surface area (Å²) in [5.41, 5.74) is 3.34. The molecule has 2 amide bonds. The fraction of sp³-hybridized carbons (Fsp3) is 0.455. The number of carbonyl (C=O) groups excluding carboxylic acids is 2. The summed E-state index contributed by atoms with van der Waals surface area (Å²) in [5, 5.41) is 5.00. The number of likely N-dealkylation sites (tertiary alicyclic amines) is 1. The number of nitrogens with zero attached hydrogens (tertiary/aromatic N) is 2. The molecule has 0 saturated carbocycles. The van der Waals surface area contributed by atoms with Crippen molar-refractivity contribution in [2.45, 2.75) is 32.6 Å². The van der Waals surface area contributed by atoms with Gasteiger partial charge in [-0.3, -0.25) is 9.59 Å². The van der Waals surface area contributed by atoms with Crippen LogP contribution in [0.25, 0.3) is 0 Å². The zero-order valence-corrected chi connectivity index (χ0v) is 17.1. The Kier molecular flexibility index (Phi) is 5.67. The van der Waals surface area contributed by atoms with Crippen LogP contribution in [0, 0.1) is 12.8 Å². The van der Waals surface area contributed by atoms with Crippen molar-refractivity contribution in [2.24, 2.45) is 5.92 Å². The maximum Gasteiger partial charge on any atom is 0.263 e. The summed E-state index contributed by atoms with van der Waals surface area (Å²) in [6, 6.07) is 9.96. The van der Waals surface area contributed by atoms with Crippen molar-refractivity contribution in [1.29, 1.82) is 0 Å². The second-order valence-electron chi connectivity index (χ2n) is 7.73. The number of rotatable bonds is 4. The van der Waals surface area contributed by atoms with Crippen LogP contribution in [0.4, 0.5) is 11.4 Å². The second-order valence-corrected chi connectivity index (χ2v) is 8.68. The van der Waals surface area contributed by atoms with E-state index in [1.165, 1.54) is 35.4 Å². The van der Waals surface area contributed by atoms with Gasteiger partial charge < -0.3 is 15.1 Å². The van der Waals surface area contributed by atoms with Crippen LogP contribution in [0.1, 0.15) is 40.9 Å². The Bertz CT molecular complexity index is 835. The van der Waals surface area contributed by atoms with E-state index >= 15 is 0 Å². The maximum absolute atomic E-state index is 12.7. The molecule has 0 unspecified atom stereocenters. The molecule has 2 saturated heterocycles. The van der Waals surface area contributed by atoms with Gasteiger partial charge in [0.05, 0.1) is 4.88 Å². The molecule has 2 aliphatic rings. The zero-order chi connectivity index (χ0) is 19.5. The molecular weight excluding hydrogens is 370 g/mol. The van der Waals surface area contributed by atoms with Crippen LogP contribution >= 0.6 is 11.3 Å². The van der Waals surface area contributed by atoms with Crippen LogP contribution in [0.15, 0.2) is 35.7 Å². The molecule has 148 valence electrons. The largest absolute Gasteiger partial charge is 0.371 e. The number of aryl methyl sites for hydroxylation is 1. The van der Waals surface area contributed by atoms with Gasteiger partial charge in [0.1, 0.15) is 0 Å². The van der Waals surface area contributed by atoms with Gasteiger partial charge in [0, 0.05) is 43.5 Å². The summed E-state index contributed by atoms with van der Waals surface area (Å²) in [6.45, 7) is 5.63. The predicted molar refractivity (Wildman–Crippen MR) is 114 cm³/mol. The number of carbonyl (C=O) groups is 2. The molecule has 28 heavy (non-hydrogen) atoms. The van der Waals surface area contributed by atoms with Gasteiger partial charge in [0.2, 0.25) is 5.91 Å². The monoisotopic (exact) mass is 397 g/mol. The highest BCUT2D eigenvalue weighted by molar-refractivity contribution is 7.12. The SMILES string of the molecule is Cc1cc(NC(=O)C2CCN(C(=O)c3cccs3)CC2)ccc1N1CCCC1. The van der Waals surface area contributed by atoms with Gasteiger partial charge >= 0.3 is 0 Å². The minimum atomic E-state index is -0.0362. The van der Waals surface area contributed by atoms with Gasteiger partial charge in [-0.05, 0) is 67.8 Å². The summed E-state index contributed by atoms with van der Waals surface area (Å²) < 4.78 is 0. The number of hydrogen-bond acceptors (Lipinski definition) is 4. The fourth-order valence-corrected chi connectivity index (χ4v) is 4.88. The molecule has 0 radical (unpaired) electrons. The average molecular weight is 398 g/mol. The Morgan fingerprint density at radius 1 is 1.07 bits per heavy atom. The first-order valence-electron chi connectivity index (χ1n) is 10.1. The van der Waals surface area contributed by atoms with E-state index in [2.05, 4.69) is 29.3 Å². The molecule has 3 heterocycles.